The van der Waals surface area contributed by atoms with E-state index >= 15 is 0 Å². The molecule has 2 rings (SSSR count). The van der Waals surface area contributed by atoms with Crippen molar-refractivity contribution in [2.75, 3.05) is 6.54 Å². The molecule has 0 aromatic heterocycles. The van der Waals surface area contributed by atoms with Crippen LogP contribution in [0.2, 0.25) is 0 Å². The lowest BCUT2D eigenvalue weighted by molar-refractivity contribution is -0.159. The maximum atomic E-state index is 12.8. The van der Waals surface area contributed by atoms with E-state index in [-0.39, 0.29) is 37.2 Å². The molecule has 1 unspecified atom stereocenters. The highest BCUT2D eigenvalue weighted by Crippen LogP contribution is 2.16. The van der Waals surface area contributed by atoms with Crippen LogP contribution >= 0.6 is 0 Å². The summed E-state index contributed by atoms with van der Waals surface area (Å²) in [5, 5.41) is 41.1. The van der Waals surface area contributed by atoms with Crippen molar-refractivity contribution >= 4 is 35.6 Å². The maximum Gasteiger partial charge on any atom is 0.372 e. The number of carboxylic acid groups (broad SMARTS) is 4. The highest BCUT2D eigenvalue weighted by atomic mass is 16.5. The van der Waals surface area contributed by atoms with Gasteiger partial charge in [0, 0.05) is 19.5 Å². The smallest absolute Gasteiger partial charge is 0.372 e. The second-order valence-electron chi connectivity index (χ2n) is 7.73. The summed E-state index contributed by atoms with van der Waals surface area (Å²) in [7, 11) is 0. The third-order valence-electron chi connectivity index (χ3n) is 5.03. The van der Waals surface area contributed by atoms with Crippen LogP contribution in [0.5, 0.6) is 5.75 Å². The SMILES string of the molecule is O=C(O)C(=O)CCNC(Cc1ccc(OC(C(=O)O)C(=O)O)cc1)C(=O)NCc1ccc(C(=O)O)cc1. The fourth-order valence-corrected chi connectivity index (χ4v) is 3.08. The van der Waals surface area contributed by atoms with Gasteiger partial charge in [-0.3, -0.25) is 9.59 Å². The van der Waals surface area contributed by atoms with Gasteiger partial charge >= 0.3 is 23.9 Å². The zero-order valence-corrected chi connectivity index (χ0v) is 19.2. The average Bonchev–Trinajstić information content (AvgIpc) is 2.85. The molecular weight excluding hydrogens is 492 g/mol. The molecule has 1 atom stereocenters. The Morgan fingerprint density at radius 1 is 0.784 bits per heavy atom. The Bertz CT molecular complexity index is 1150. The molecule has 0 aliphatic heterocycles. The van der Waals surface area contributed by atoms with Crippen LogP contribution in [0.1, 0.15) is 27.9 Å². The quantitative estimate of drug-likeness (QED) is 0.138. The molecule has 0 radical (unpaired) electrons. The molecule has 0 aliphatic rings. The van der Waals surface area contributed by atoms with Crippen LogP contribution in [0.3, 0.4) is 0 Å². The summed E-state index contributed by atoms with van der Waals surface area (Å²) in [5.41, 5.74) is 1.28. The summed E-state index contributed by atoms with van der Waals surface area (Å²) in [6, 6.07) is 10.6. The maximum absolute atomic E-state index is 12.8. The van der Waals surface area contributed by atoms with Gasteiger partial charge in [0.15, 0.2) is 0 Å². The van der Waals surface area contributed by atoms with Gasteiger partial charge in [0.2, 0.25) is 11.7 Å². The Hall–Kier alpha value is -4.78. The Morgan fingerprint density at radius 3 is 1.86 bits per heavy atom. The van der Waals surface area contributed by atoms with E-state index in [0.29, 0.717) is 11.1 Å². The second-order valence-corrected chi connectivity index (χ2v) is 7.73. The number of Topliss-reactive ketones (excluding diaryl/α,β-unsaturated/α-hetero) is 1. The summed E-state index contributed by atoms with van der Waals surface area (Å²) in [6.07, 6.45) is -2.37. The van der Waals surface area contributed by atoms with E-state index in [1.165, 1.54) is 48.5 Å². The molecule has 0 spiro atoms. The molecule has 196 valence electrons. The lowest BCUT2D eigenvalue weighted by Crippen LogP contribution is -2.46. The Labute approximate surface area is 209 Å². The second kappa shape index (κ2) is 13.3. The molecule has 13 heteroatoms. The van der Waals surface area contributed by atoms with Crippen molar-refractivity contribution in [3.63, 3.8) is 0 Å². The highest BCUT2D eigenvalue weighted by Gasteiger charge is 2.28. The van der Waals surface area contributed by atoms with E-state index in [0.717, 1.165) is 0 Å². The third kappa shape index (κ3) is 9.07. The van der Waals surface area contributed by atoms with Crippen molar-refractivity contribution < 1.29 is 53.9 Å². The number of carbonyl (C=O) groups is 6. The van der Waals surface area contributed by atoms with Gasteiger partial charge in [-0.05, 0) is 41.8 Å². The number of aliphatic carboxylic acids is 3. The summed E-state index contributed by atoms with van der Waals surface area (Å²) in [5.74, 6) is -7.57. The molecule has 2 aromatic rings. The zero-order valence-electron chi connectivity index (χ0n) is 19.2. The van der Waals surface area contributed by atoms with Gasteiger partial charge in [0.25, 0.3) is 6.10 Å². The average molecular weight is 516 g/mol. The number of carboxylic acids is 4. The first-order valence-corrected chi connectivity index (χ1v) is 10.8. The highest BCUT2D eigenvalue weighted by molar-refractivity contribution is 6.32. The van der Waals surface area contributed by atoms with Crippen molar-refractivity contribution in [1.29, 1.82) is 0 Å². The van der Waals surface area contributed by atoms with E-state index in [1.54, 1.807) is 0 Å². The molecule has 1 amide bonds. The molecule has 6 N–H and O–H groups in total. The van der Waals surface area contributed by atoms with Gasteiger partial charge in [0.1, 0.15) is 5.75 Å². The fraction of sp³-hybridized carbons (Fsp3) is 0.250. The predicted octanol–water partition coefficient (Wildman–Crippen LogP) is 0.162. The molecule has 0 saturated heterocycles. The van der Waals surface area contributed by atoms with Crippen molar-refractivity contribution in [2.45, 2.75) is 31.5 Å². The van der Waals surface area contributed by atoms with Gasteiger partial charge in [-0.15, -0.1) is 0 Å². The van der Waals surface area contributed by atoms with Crippen molar-refractivity contribution in [1.82, 2.24) is 10.6 Å². The Morgan fingerprint density at radius 2 is 1.35 bits per heavy atom. The van der Waals surface area contributed by atoms with Crippen LogP contribution in [-0.4, -0.2) is 74.7 Å². The van der Waals surface area contributed by atoms with E-state index in [4.69, 9.17) is 25.2 Å². The number of hydrogen-bond donors (Lipinski definition) is 6. The first kappa shape index (κ1) is 28.5. The molecular formula is C24H24N2O11. The number of benzene rings is 2. The van der Waals surface area contributed by atoms with Gasteiger partial charge in [-0.2, -0.15) is 0 Å². The molecule has 0 aliphatic carbocycles. The number of carbonyl (C=O) groups excluding carboxylic acids is 2. The lowest BCUT2D eigenvalue weighted by Gasteiger charge is -2.19. The van der Waals surface area contributed by atoms with E-state index < -0.39 is 47.7 Å². The molecule has 0 fully saturated rings. The number of ether oxygens (including phenoxy) is 1. The topological polar surface area (TPSA) is 217 Å². The number of amides is 1. The predicted molar refractivity (Wildman–Crippen MR) is 124 cm³/mol. The van der Waals surface area contributed by atoms with Crippen molar-refractivity contribution in [3.8, 4) is 5.75 Å². The van der Waals surface area contributed by atoms with Crippen molar-refractivity contribution in [2.24, 2.45) is 0 Å². The monoisotopic (exact) mass is 516 g/mol. The summed E-state index contributed by atoms with van der Waals surface area (Å²) in [6.45, 7) is -0.0276. The van der Waals surface area contributed by atoms with E-state index in [9.17, 15) is 28.8 Å². The van der Waals surface area contributed by atoms with E-state index in [2.05, 4.69) is 10.6 Å². The third-order valence-corrected chi connectivity index (χ3v) is 5.03. The summed E-state index contributed by atoms with van der Waals surface area (Å²) < 4.78 is 4.95. The first-order valence-electron chi connectivity index (χ1n) is 10.8. The fourth-order valence-electron chi connectivity index (χ4n) is 3.08. The standard InChI is InChI=1S/C24H24N2O11/c27-18(22(31)32)9-10-25-17(20(28)26-12-14-1-5-15(6-2-14)21(29)30)11-13-3-7-16(8-4-13)37-19(23(33)34)24(35)36/h1-8,17,19,25H,9-12H2,(H,26,28)(H,29,30)(H,31,32)(H,33,34)(H,35,36). The number of aromatic carboxylic acids is 1. The minimum absolute atomic E-state index is 0.0237. The normalized spacial score (nSPS) is 11.4. The molecule has 0 saturated carbocycles. The zero-order chi connectivity index (χ0) is 27.5. The van der Waals surface area contributed by atoms with Gasteiger partial charge in [0.05, 0.1) is 11.6 Å². The number of rotatable bonds is 15. The summed E-state index contributed by atoms with van der Waals surface area (Å²) >= 11 is 0. The molecule has 2 aromatic carbocycles. The van der Waals surface area contributed by atoms with Crippen LogP contribution in [0.4, 0.5) is 0 Å². The first-order chi connectivity index (χ1) is 17.5. The lowest BCUT2D eigenvalue weighted by atomic mass is 10.0. The van der Waals surface area contributed by atoms with Gasteiger partial charge in [-0.25, -0.2) is 19.2 Å². The largest absolute Gasteiger partial charge is 0.478 e. The van der Waals surface area contributed by atoms with Crippen LogP contribution in [0, 0.1) is 0 Å². The van der Waals surface area contributed by atoms with Crippen LogP contribution in [0.15, 0.2) is 48.5 Å². The number of hydrogen-bond acceptors (Lipinski definition) is 8. The van der Waals surface area contributed by atoms with Gasteiger partial charge < -0.3 is 35.8 Å². The number of ketones is 1. The Kier molecular flexibility index (Phi) is 10.3. The van der Waals surface area contributed by atoms with Crippen molar-refractivity contribution in [3.05, 3.63) is 65.2 Å². The molecule has 0 heterocycles. The minimum atomic E-state index is -2.10. The molecule has 37 heavy (non-hydrogen) atoms. The van der Waals surface area contributed by atoms with Crippen LogP contribution in [-0.2, 0) is 36.9 Å². The summed E-state index contributed by atoms with van der Waals surface area (Å²) in [4.78, 5) is 67.9. The Balaban J connectivity index is 2.08. The van der Waals surface area contributed by atoms with Crippen LogP contribution < -0.4 is 15.4 Å². The van der Waals surface area contributed by atoms with Crippen LogP contribution in [0.25, 0.3) is 0 Å². The number of nitrogens with one attached hydrogen (secondary N) is 2. The van der Waals surface area contributed by atoms with E-state index in [1.807, 2.05) is 0 Å². The van der Waals surface area contributed by atoms with Gasteiger partial charge in [-0.1, -0.05) is 24.3 Å². The minimum Gasteiger partial charge on any atom is -0.478 e. The molecule has 0 bridgehead atoms. The molecule has 13 nitrogen and oxygen atoms in total.